The average molecular weight is 269 g/mol. The molecule has 0 aliphatic rings. The lowest BCUT2D eigenvalue weighted by molar-refractivity contribution is -0.137. The summed E-state index contributed by atoms with van der Waals surface area (Å²) in [4.78, 5) is 7.14. The van der Waals surface area contributed by atoms with E-state index in [1.165, 1.54) is 12.3 Å². The third-order valence-electron chi connectivity index (χ3n) is 2.92. The predicted octanol–water partition coefficient (Wildman–Crippen LogP) is 3.16. The maximum absolute atomic E-state index is 12.6. The summed E-state index contributed by atoms with van der Waals surface area (Å²) in [6, 6.07) is 5.14. The van der Waals surface area contributed by atoms with E-state index in [-0.39, 0.29) is 5.92 Å². The molecule has 3 nitrogen and oxygen atoms in total. The Morgan fingerprint density at radius 3 is 2.74 bits per heavy atom. The van der Waals surface area contributed by atoms with E-state index in [4.69, 9.17) is 5.73 Å². The second kappa shape index (κ2) is 5.05. The van der Waals surface area contributed by atoms with Crippen molar-refractivity contribution in [1.29, 1.82) is 0 Å². The Morgan fingerprint density at radius 1 is 1.37 bits per heavy atom. The number of H-pyrrole nitrogens is 1. The Labute approximate surface area is 108 Å². The monoisotopic (exact) mass is 269 g/mol. The number of rotatable bonds is 3. The van der Waals surface area contributed by atoms with Crippen LogP contribution in [0.15, 0.2) is 30.5 Å². The molecule has 19 heavy (non-hydrogen) atoms. The van der Waals surface area contributed by atoms with Crippen molar-refractivity contribution >= 4 is 0 Å². The van der Waals surface area contributed by atoms with Crippen LogP contribution in [0.4, 0.5) is 13.2 Å². The minimum absolute atomic E-state index is 0.0412. The van der Waals surface area contributed by atoms with Crippen molar-refractivity contribution in [2.45, 2.75) is 19.0 Å². The fourth-order valence-electron chi connectivity index (χ4n) is 1.71. The molecule has 0 amide bonds. The molecule has 1 heterocycles. The molecule has 0 aliphatic carbocycles. The molecule has 0 radical (unpaired) electrons. The van der Waals surface area contributed by atoms with Gasteiger partial charge in [-0.3, -0.25) is 0 Å². The molecule has 1 aromatic carbocycles. The van der Waals surface area contributed by atoms with Gasteiger partial charge >= 0.3 is 6.18 Å². The fraction of sp³-hybridized carbons (Fsp3) is 0.308. The highest BCUT2D eigenvalue weighted by molar-refractivity contribution is 5.59. The Balaban J connectivity index is 2.34. The number of nitrogens with zero attached hydrogens (tertiary/aromatic N) is 1. The Bertz CT molecular complexity index is 560. The number of hydrogen-bond acceptors (Lipinski definition) is 2. The van der Waals surface area contributed by atoms with Crippen LogP contribution in [0.2, 0.25) is 0 Å². The van der Waals surface area contributed by atoms with E-state index >= 15 is 0 Å². The molecule has 0 saturated heterocycles. The summed E-state index contributed by atoms with van der Waals surface area (Å²) in [6.07, 6.45) is -2.82. The molecule has 102 valence electrons. The van der Waals surface area contributed by atoms with E-state index in [0.717, 1.165) is 12.1 Å². The molecule has 0 fully saturated rings. The van der Waals surface area contributed by atoms with Gasteiger partial charge in [0.2, 0.25) is 0 Å². The number of halogens is 3. The SMILES string of the molecule is CC(CN)c1ncc(-c2cccc(C(F)(F)F)c2)[nH]1. The van der Waals surface area contributed by atoms with Crippen molar-refractivity contribution in [3.63, 3.8) is 0 Å². The number of benzene rings is 1. The molecule has 6 heteroatoms. The van der Waals surface area contributed by atoms with E-state index in [1.807, 2.05) is 6.92 Å². The summed E-state index contributed by atoms with van der Waals surface area (Å²) < 4.78 is 37.9. The first-order chi connectivity index (χ1) is 8.91. The zero-order valence-corrected chi connectivity index (χ0v) is 10.3. The molecule has 0 bridgehead atoms. The minimum atomic E-state index is -4.34. The van der Waals surface area contributed by atoms with Gasteiger partial charge in [0.15, 0.2) is 0 Å². The lowest BCUT2D eigenvalue weighted by Gasteiger charge is -2.08. The number of alkyl halides is 3. The zero-order chi connectivity index (χ0) is 14.0. The van der Waals surface area contributed by atoms with Crippen molar-refractivity contribution in [2.75, 3.05) is 6.54 Å². The summed E-state index contributed by atoms with van der Waals surface area (Å²) in [6.45, 7) is 2.32. The predicted molar refractivity (Wildman–Crippen MR) is 66.5 cm³/mol. The lowest BCUT2D eigenvalue weighted by Crippen LogP contribution is -2.10. The zero-order valence-electron chi connectivity index (χ0n) is 10.3. The van der Waals surface area contributed by atoms with Gasteiger partial charge in [-0.15, -0.1) is 0 Å². The van der Waals surface area contributed by atoms with Crippen molar-refractivity contribution in [1.82, 2.24) is 9.97 Å². The number of aromatic amines is 1. The second-order valence-corrected chi connectivity index (χ2v) is 4.40. The summed E-state index contributed by atoms with van der Waals surface area (Å²) in [5, 5.41) is 0. The van der Waals surface area contributed by atoms with Crippen LogP contribution < -0.4 is 5.73 Å². The van der Waals surface area contributed by atoms with E-state index in [9.17, 15) is 13.2 Å². The molecule has 2 rings (SSSR count). The first-order valence-electron chi connectivity index (χ1n) is 5.84. The number of imidazole rings is 1. The molecule has 1 atom stereocenters. The van der Waals surface area contributed by atoms with E-state index < -0.39 is 11.7 Å². The molecule has 0 aliphatic heterocycles. The van der Waals surface area contributed by atoms with Gasteiger partial charge in [0.1, 0.15) is 5.82 Å². The van der Waals surface area contributed by atoms with Crippen LogP contribution in [0.25, 0.3) is 11.3 Å². The van der Waals surface area contributed by atoms with Gasteiger partial charge in [-0.25, -0.2) is 4.98 Å². The first kappa shape index (κ1) is 13.6. The van der Waals surface area contributed by atoms with Crippen LogP contribution in [-0.2, 0) is 6.18 Å². The molecular weight excluding hydrogens is 255 g/mol. The molecule has 1 aromatic heterocycles. The average Bonchev–Trinajstić information content (AvgIpc) is 2.86. The van der Waals surface area contributed by atoms with Crippen molar-refractivity contribution < 1.29 is 13.2 Å². The van der Waals surface area contributed by atoms with Crippen LogP contribution in [0, 0.1) is 0 Å². The third kappa shape index (κ3) is 2.96. The van der Waals surface area contributed by atoms with Gasteiger partial charge < -0.3 is 10.7 Å². The standard InChI is InChI=1S/C13H14F3N3/c1-8(6-17)12-18-7-11(19-12)9-3-2-4-10(5-9)13(14,15)16/h2-5,7-8H,6,17H2,1H3,(H,18,19). The maximum Gasteiger partial charge on any atom is 0.416 e. The molecule has 1 unspecified atom stereocenters. The summed E-state index contributed by atoms with van der Waals surface area (Å²) >= 11 is 0. The van der Waals surface area contributed by atoms with E-state index in [1.54, 1.807) is 6.07 Å². The summed E-state index contributed by atoms with van der Waals surface area (Å²) in [5.74, 6) is 0.717. The molecule has 3 N–H and O–H groups in total. The van der Waals surface area contributed by atoms with Crippen molar-refractivity contribution in [2.24, 2.45) is 5.73 Å². The smallest absolute Gasteiger partial charge is 0.342 e. The Kier molecular flexibility index (Phi) is 3.61. The highest BCUT2D eigenvalue weighted by atomic mass is 19.4. The van der Waals surface area contributed by atoms with Gasteiger partial charge in [0.25, 0.3) is 0 Å². The van der Waals surface area contributed by atoms with Crippen molar-refractivity contribution in [3.8, 4) is 11.3 Å². The topological polar surface area (TPSA) is 54.7 Å². The van der Waals surface area contributed by atoms with Crippen LogP contribution in [-0.4, -0.2) is 16.5 Å². The van der Waals surface area contributed by atoms with Crippen LogP contribution in [0.5, 0.6) is 0 Å². The highest BCUT2D eigenvalue weighted by Crippen LogP contribution is 2.31. The third-order valence-corrected chi connectivity index (χ3v) is 2.92. The summed E-state index contributed by atoms with van der Waals surface area (Å²) in [5.41, 5.74) is 5.86. The van der Waals surface area contributed by atoms with Crippen molar-refractivity contribution in [3.05, 3.63) is 41.9 Å². The highest BCUT2D eigenvalue weighted by Gasteiger charge is 2.30. The number of hydrogen-bond donors (Lipinski definition) is 2. The summed E-state index contributed by atoms with van der Waals surface area (Å²) in [7, 11) is 0. The van der Waals surface area contributed by atoms with Crippen LogP contribution in [0.3, 0.4) is 0 Å². The quantitative estimate of drug-likeness (QED) is 0.899. The van der Waals surface area contributed by atoms with Gasteiger partial charge in [-0.1, -0.05) is 19.1 Å². The van der Waals surface area contributed by atoms with E-state index in [0.29, 0.717) is 23.6 Å². The van der Waals surface area contributed by atoms with E-state index in [2.05, 4.69) is 9.97 Å². The molecule has 0 spiro atoms. The molecule has 0 saturated carbocycles. The Morgan fingerprint density at radius 2 is 2.11 bits per heavy atom. The van der Waals surface area contributed by atoms with Gasteiger partial charge in [-0.05, 0) is 12.1 Å². The largest absolute Gasteiger partial charge is 0.416 e. The van der Waals surface area contributed by atoms with Gasteiger partial charge in [-0.2, -0.15) is 13.2 Å². The van der Waals surface area contributed by atoms with Gasteiger partial charge in [0.05, 0.1) is 17.5 Å². The normalized spacial score (nSPS) is 13.5. The molecular formula is C13H14F3N3. The first-order valence-corrected chi connectivity index (χ1v) is 5.84. The maximum atomic E-state index is 12.6. The molecule has 2 aromatic rings. The van der Waals surface area contributed by atoms with Crippen LogP contribution >= 0.6 is 0 Å². The van der Waals surface area contributed by atoms with Gasteiger partial charge in [0, 0.05) is 18.0 Å². The number of nitrogens with one attached hydrogen (secondary N) is 1. The fourth-order valence-corrected chi connectivity index (χ4v) is 1.71. The Hall–Kier alpha value is -1.82. The van der Waals surface area contributed by atoms with Crippen LogP contribution in [0.1, 0.15) is 24.2 Å². The second-order valence-electron chi connectivity index (χ2n) is 4.40. The number of nitrogens with two attached hydrogens (primary N) is 1. The number of aromatic nitrogens is 2. The minimum Gasteiger partial charge on any atom is -0.342 e. The lowest BCUT2D eigenvalue weighted by atomic mass is 10.1.